The summed E-state index contributed by atoms with van der Waals surface area (Å²) >= 11 is 0. The molecule has 3 rings (SSSR count). The highest BCUT2D eigenvalue weighted by Gasteiger charge is 2.20. The zero-order valence-electron chi connectivity index (χ0n) is 11.3. The molecule has 0 saturated carbocycles. The fourth-order valence-electron chi connectivity index (χ4n) is 2.14. The van der Waals surface area contributed by atoms with Gasteiger partial charge in [-0.2, -0.15) is 0 Å². The number of hydrogen-bond donors (Lipinski definition) is 2. The number of carbonyl (C=O) groups is 1. The summed E-state index contributed by atoms with van der Waals surface area (Å²) in [5, 5.41) is 12.3. The molecule has 1 aliphatic heterocycles. The lowest BCUT2D eigenvalue weighted by Gasteiger charge is -2.12. The first kappa shape index (κ1) is 13.1. The molecular formula is C15H13NO5. The van der Waals surface area contributed by atoms with Crippen LogP contribution in [0, 0.1) is 0 Å². The van der Waals surface area contributed by atoms with Crippen molar-refractivity contribution in [1.29, 1.82) is 0 Å². The first-order chi connectivity index (χ1) is 10.2. The second kappa shape index (κ2) is 5.24. The van der Waals surface area contributed by atoms with E-state index in [9.17, 15) is 9.90 Å². The van der Waals surface area contributed by atoms with Crippen molar-refractivity contribution in [3.63, 3.8) is 0 Å². The minimum Gasteiger partial charge on any atom is -0.493 e. The summed E-state index contributed by atoms with van der Waals surface area (Å²) in [6.07, 6.45) is 0. The van der Waals surface area contributed by atoms with E-state index in [-0.39, 0.29) is 12.4 Å². The smallest absolute Gasteiger partial charge is 0.337 e. The topological polar surface area (TPSA) is 77.0 Å². The number of nitrogens with one attached hydrogen (secondary N) is 1. The number of rotatable bonds is 4. The van der Waals surface area contributed by atoms with Crippen LogP contribution in [0.3, 0.4) is 0 Å². The van der Waals surface area contributed by atoms with Crippen molar-refractivity contribution in [3.05, 3.63) is 42.0 Å². The molecule has 21 heavy (non-hydrogen) atoms. The Kier molecular flexibility index (Phi) is 3.27. The third-order valence-corrected chi connectivity index (χ3v) is 3.09. The van der Waals surface area contributed by atoms with Crippen LogP contribution in [0.4, 0.5) is 11.4 Å². The molecule has 108 valence electrons. The summed E-state index contributed by atoms with van der Waals surface area (Å²) in [6, 6.07) is 10.1. The Bertz CT molecular complexity index is 698. The summed E-state index contributed by atoms with van der Waals surface area (Å²) in [7, 11) is 1.53. The first-order valence-electron chi connectivity index (χ1n) is 6.26. The molecule has 0 aromatic heterocycles. The zero-order valence-corrected chi connectivity index (χ0v) is 11.3. The number of aromatic carboxylic acids is 1. The number of fused-ring (bicyclic) bond motifs is 1. The average Bonchev–Trinajstić information content (AvgIpc) is 2.95. The van der Waals surface area contributed by atoms with Crippen LogP contribution < -0.4 is 19.5 Å². The predicted octanol–water partition coefficient (Wildman–Crippen LogP) is 2.87. The Morgan fingerprint density at radius 1 is 1.29 bits per heavy atom. The Labute approximate surface area is 120 Å². The van der Waals surface area contributed by atoms with Gasteiger partial charge in [0, 0.05) is 17.8 Å². The van der Waals surface area contributed by atoms with Crippen molar-refractivity contribution < 1.29 is 24.1 Å². The van der Waals surface area contributed by atoms with Crippen molar-refractivity contribution in [3.8, 4) is 17.2 Å². The third kappa shape index (κ3) is 2.43. The summed E-state index contributed by atoms with van der Waals surface area (Å²) in [6.45, 7) is 0.140. The van der Waals surface area contributed by atoms with E-state index in [0.29, 0.717) is 28.6 Å². The molecule has 0 atom stereocenters. The number of methoxy groups -OCH3 is 1. The van der Waals surface area contributed by atoms with Crippen LogP contribution in [0.25, 0.3) is 0 Å². The predicted molar refractivity (Wildman–Crippen MR) is 75.8 cm³/mol. The van der Waals surface area contributed by atoms with Crippen LogP contribution in [0.5, 0.6) is 17.2 Å². The van der Waals surface area contributed by atoms with Crippen molar-refractivity contribution in [2.75, 3.05) is 19.2 Å². The highest BCUT2D eigenvalue weighted by atomic mass is 16.7. The van der Waals surface area contributed by atoms with Crippen molar-refractivity contribution in [2.24, 2.45) is 0 Å². The number of carboxylic acids is 1. The van der Waals surface area contributed by atoms with E-state index in [2.05, 4.69) is 5.32 Å². The molecule has 6 nitrogen and oxygen atoms in total. The largest absolute Gasteiger partial charge is 0.493 e. The molecule has 2 aromatic rings. The monoisotopic (exact) mass is 287 g/mol. The van der Waals surface area contributed by atoms with Gasteiger partial charge in [-0.1, -0.05) is 12.1 Å². The van der Waals surface area contributed by atoms with E-state index >= 15 is 0 Å². The molecular weight excluding hydrogens is 274 g/mol. The van der Waals surface area contributed by atoms with Gasteiger partial charge in [-0.25, -0.2) is 4.79 Å². The van der Waals surface area contributed by atoms with Crippen LogP contribution in [-0.2, 0) is 0 Å². The van der Waals surface area contributed by atoms with Crippen LogP contribution in [0.1, 0.15) is 10.4 Å². The number of carboxylic acid groups (broad SMARTS) is 1. The maximum absolute atomic E-state index is 11.2. The maximum atomic E-state index is 11.2. The van der Waals surface area contributed by atoms with E-state index in [1.165, 1.54) is 13.2 Å². The molecule has 6 heteroatoms. The average molecular weight is 287 g/mol. The van der Waals surface area contributed by atoms with Gasteiger partial charge in [0.05, 0.1) is 18.4 Å². The normalized spacial score (nSPS) is 12.0. The number of para-hydroxylation sites is 1. The van der Waals surface area contributed by atoms with Crippen molar-refractivity contribution >= 4 is 17.3 Å². The molecule has 0 amide bonds. The van der Waals surface area contributed by atoms with Gasteiger partial charge in [-0.05, 0) is 12.1 Å². The second-order valence-corrected chi connectivity index (χ2v) is 4.39. The fourth-order valence-corrected chi connectivity index (χ4v) is 2.14. The van der Waals surface area contributed by atoms with Gasteiger partial charge >= 0.3 is 5.97 Å². The standard InChI is InChI=1S/C15H13NO5/c1-19-12-6-9(7-13-14(12)21-8-20-13)16-11-5-3-2-4-10(11)15(17)18/h2-7,16H,8H2,1H3,(H,17,18). The lowest BCUT2D eigenvalue weighted by Crippen LogP contribution is -2.02. The first-order valence-corrected chi connectivity index (χ1v) is 6.26. The van der Waals surface area contributed by atoms with Gasteiger partial charge in [0.2, 0.25) is 12.5 Å². The van der Waals surface area contributed by atoms with E-state index in [1.54, 1.807) is 30.3 Å². The van der Waals surface area contributed by atoms with Crippen LogP contribution in [-0.4, -0.2) is 25.0 Å². The Hall–Kier alpha value is -2.89. The van der Waals surface area contributed by atoms with Gasteiger partial charge in [0.1, 0.15) is 0 Å². The Balaban J connectivity index is 1.98. The molecule has 1 heterocycles. The summed E-state index contributed by atoms with van der Waals surface area (Å²) < 4.78 is 15.9. The van der Waals surface area contributed by atoms with Gasteiger partial charge in [0.25, 0.3) is 0 Å². The minimum absolute atomic E-state index is 0.140. The molecule has 0 spiro atoms. The van der Waals surface area contributed by atoms with Crippen LogP contribution in [0.2, 0.25) is 0 Å². The number of hydrogen-bond acceptors (Lipinski definition) is 5. The summed E-state index contributed by atoms with van der Waals surface area (Å²) in [5.41, 5.74) is 1.34. The molecule has 0 aliphatic carbocycles. The van der Waals surface area contributed by atoms with Gasteiger partial charge in [-0.3, -0.25) is 0 Å². The van der Waals surface area contributed by atoms with Gasteiger partial charge < -0.3 is 24.6 Å². The quantitative estimate of drug-likeness (QED) is 0.900. The SMILES string of the molecule is COc1cc(Nc2ccccc2C(=O)O)cc2c1OCO2. The van der Waals surface area contributed by atoms with Crippen molar-refractivity contribution in [2.45, 2.75) is 0 Å². The fraction of sp³-hybridized carbons (Fsp3) is 0.133. The van der Waals surface area contributed by atoms with Crippen LogP contribution in [0.15, 0.2) is 36.4 Å². The summed E-state index contributed by atoms with van der Waals surface area (Å²) in [4.78, 5) is 11.2. The maximum Gasteiger partial charge on any atom is 0.337 e. The van der Waals surface area contributed by atoms with Gasteiger partial charge in [0.15, 0.2) is 11.5 Å². The molecule has 0 unspecified atom stereocenters. The van der Waals surface area contributed by atoms with E-state index in [1.807, 2.05) is 0 Å². The zero-order chi connectivity index (χ0) is 14.8. The second-order valence-electron chi connectivity index (χ2n) is 4.39. The van der Waals surface area contributed by atoms with Crippen molar-refractivity contribution in [1.82, 2.24) is 0 Å². The molecule has 1 aliphatic rings. The number of benzene rings is 2. The Morgan fingerprint density at radius 3 is 2.86 bits per heavy atom. The molecule has 0 fully saturated rings. The molecule has 2 N–H and O–H groups in total. The highest BCUT2D eigenvalue weighted by molar-refractivity contribution is 5.95. The third-order valence-electron chi connectivity index (χ3n) is 3.09. The molecule has 0 bridgehead atoms. The summed E-state index contributed by atoms with van der Waals surface area (Å²) in [5.74, 6) is 0.644. The Morgan fingerprint density at radius 2 is 2.10 bits per heavy atom. The number of anilines is 2. The molecule has 2 aromatic carbocycles. The lowest BCUT2D eigenvalue weighted by atomic mass is 10.1. The molecule has 0 radical (unpaired) electrons. The van der Waals surface area contributed by atoms with Gasteiger partial charge in [-0.15, -0.1) is 0 Å². The highest BCUT2D eigenvalue weighted by Crippen LogP contribution is 2.43. The van der Waals surface area contributed by atoms with E-state index in [0.717, 1.165) is 0 Å². The number of ether oxygens (including phenoxy) is 3. The van der Waals surface area contributed by atoms with E-state index < -0.39 is 5.97 Å². The minimum atomic E-state index is -0.995. The lowest BCUT2D eigenvalue weighted by molar-refractivity contribution is 0.0698. The molecule has 0 saturated heterocycles. The van der Waals surface area contributed by atoms with E-state index in [4.69, 9.17) is 14.2 Å². The van der Waals surface area contributed by atoms with Crippen LogP contribution >= 0.6 is 0 Å².